The molecular weight excluding hydrogens is 456 g/mol. The zero-order valence-electron chi connectivity index (χ0n) is 20.3. The summed E-state index contributed by atoms with van der Waals surface area (Å²) in [6, 6.07) is 20.1. The molecular formula is C29H28N2O5. The Labute approximate surface area is 210 Å². The van der Waals surface area contributed by atoms with Crippen molar-refractivity contribution in [1.29, 1.82) is 0 Å². The number of hydrogen-bond donors (Lipinski definition) is 1. The second kappa shape index (κ2) is 11.0. The number of ether oxygens (including phenoxy) is 1. The molecule has 7 nitrogen and oxygen atoms in total. The van der Waals surface area contributed by atoms with Crippen LogP contribution in [0.1, 0.15) is 51.3 Å². The van der Waals surface area contributed by atoms with Crippen molar-refractivity contribution in [3.63, 3.8) is 0 Å². The van der Waals surface area contributed by atoms with Gasteiger partial charge in [0.25, 0.3) is 17.7 Å². The number of hydrogen-bond acceptors (Lipinski definition) is 5. The average molecular weight is 485 g/mol. The van der Waals surface area contributed by atoms with Gasteiger partial charge >= 0.3 is 5.97 Å². The summed E-state index contributed by atoms with van der Waals surface area (Å²) in [7, 11) is 0. The Morgan fingerprint density at radius 3 is 1.92 bits per heavy atom. The minimum atomic E-state index is -1.21. The van der Waals surface area contributed by atoms with Crippen molar-refractivity contribution < 1.29 is 23.9 Å². The molecule has 0 fully saturated rings. The topological polar surface area (TPSA) is 92.8 Å². The van der Waals surface area contributed by atoms with E-state index in [2.05, 4.69) is 5.32 Å². The van der Waals surface area contributed by atoms with Gasteiger partial charge in [0, 0.05) is 12.1 Å². The summed E-state index contributed by atoms with van der Waals surface area (Å²) in [5.74, 6) is -2.41. The molecule has 1 aliphatic heterocycles. The number of imide groups is 1. The molecule has 1 atom stereocenters. The molecule has 0 aliphatic carbocycles. The molecule has 3 aromatic rings. The van der Waals surface area contributed by atoms with E-state index in [1.807, 2.05) is 50.2 Å². The highest BCUT2D eigenvalue weighted by Crippen LogP contribution is 2.27. The molecule has 7 heteroatoms. The number of nitrogens with one attached hydrogen (secondary N) is 1. The zero-order valence-corrected chi connectivity index (χ0v) is 20.3. The Morgan fingerprint density at radius 1 is 0.806 bits per heavy atom. The molecule has 0 spiro atoms. The maximum Gasteiger partial charge on any atom is 0.330 e. The molecule has 0 bridgehead atoms. The zero-order chi connectivity index (χ0) is 25.7. The number of amides is 3. The Bertz CT molecular complexity index is 1240. The first-order valence-corrected chi connectivity index (χ1v) is 12.0. The van der Waals surface area contributed by atoms with Crippen molar-refractivity contribution >= 4 is 29.4 Å². The van der Waals surface area contributed by atoms with Crippen molar-refractivity contribution in [1.82, 2.24) is 4.90 Å². The SMILES string of the molecule is CCc1cccc(CC)c1NC(=O)COC(=O)[C@H](Cc1ccccc1)N1C(=O)c2ccccc2C1=O. The van der Waals surface area contributed by atoms with Gasteiger partial charge in [-0.2, -0.15) is 0 Å². The van der Waals surface area contributed by atoms with Crippen LogP contribution in [0.3, 0.4) is 0 Å². The van der Waals surface area contributed by atoms with Crippen LogP contribution in [-0.4, -0.2) is 41.2 Å². The quantitative estimate of drug-likeness (QED) is 0.363. The number of rotatable bonds is 9. The summed E-state index contributed by atoms with van der Waals surface area (Å²) in [5.41, 5.74) is 3.95. The molecule has 0 aromatic heterocycles. The van der Waals surface area contributed by atoms with E-state index in [0.29, 0.717) is 0 Å². The number of carbonyl (C=O) groups is 4. The summed E-state index contributed by atoms with van der Waals surface area (Å²) in [6.45, 7) is 3.47. The standard InChI is InChI=1S/C29H28N2O5/c1-3-20-13-10-14-21(4-2)26(20)30-25(32)18-36-29(35)24(17-19-11-6-5-7-12-19)31-27(33)22-15-8-9-16-23(22)28(31)34/h5-16,24H,3-4,17-18H2,1-2H3,(H,30,32)/t24-/m0/s1. The Hall–Kier alpha value is -4.26. The Morgan fingerprint density at radius 2 is 1.36 bits per heavy atom. The van der Waals surface area contributed by atoms with E-state index >= 15 is 0 Å². The number of benzene rings is 3. The van der Waals surface area contributed by atoms with Crippen LogP contribution in [0.5, 0.6) is 0 Å². The van der Waals surface area contributed by atoms with Crippen LogP contribution < -0.4 is 5.32 Å². The normalized spacial score (nSPS) is 13.3. The van der Waals surface area contributed by atoms with Gasteiger partial charge in [-0.05, 0) is 41.7 Å². The van der Waals surface area contributed by atoms with Gasteiger partial charge in [-0.25, -0.2) is 4.79 Å². The maximum atomic E-state index is 13.2. The molecule has 0 saturated carbocycles. The molecule has 36 heavy (non-hydrogen) atoms. The Balaban J connectivity index is 1.52. The lowest BCUT2D eigenvalue weighted by molar-refractivity contribution is -0.151. The summed E-state index contributed by atoms with van der Waals surface area (Å²) in [4.78, 5) is 53.1. The third-order valence-electron chi connectivity index (χ3n) is 6.29. The van der Waals surface area contributed by atoms with Gasteiger partial charge in [-0.3, -0.25) is 19.3 Å². The van der Waals surface area contributed by atoms with Crippen LogP contribution >= 0.6 is 0 Å². The highest BCUT2D eigenvalue weighted by Gasteiger charge is 2.43. The number of aryl methyl sites for hydroxylation is 2. The van der Waals surface area contributed by atoms with Crippen LogP contribution in [0.15, 0.2) is 72.8 Å². The third-order valence-corrected chi connectivity index (χ3v) is 6.29. The van der Waals surface area contributed by atoms with Crippen molar-refractivity contribution in [3.8, 4) is 0 Å². The number of para-hydroxylation sites is 1. The number of anilines is 1. The van der Waals surface area contributed by atoms with Gasteiger partial charge < -0.3 is 10.1 Å². The average Bonchev–Trinajstić information content (AvgIpc) is 3.16. The molecule has 4 rings (SSSR count). The van der Waals surface area contributed by atoms with Crippen LogP contribution in [0.4, 0.5) is 5.69 Å². The molecule has 0 saturated heterocycles. The predicted molar refractivity (Wildman–Crippen MR) is 136 cm³/mol. The largest absolute Gasteiger partial charge is 0.454 e. The second-order valence-corrected chi connectivity index (χ2v) is 8.55. The Kier molecular flexibility index (Phi) is 7.59. The summed E-state index contributed by atoms with van der Waals surface area (Å²) >= 11 is 0. The van der Waals surface area contributed by atoms with Gasteiger partial charge in [0.15, 0.2) is 6.61 Å². The monoisotopic (exact) mass is 484 g/mol. The third kappa shape index (κ3) is 5.05. The van der Waals surface area contributed by atoms with Crippen LogP contribution in [0.25, 0.3) is 0 Å². The van der Waals surface area contributed by atoms with Gasteiger partial charge in [-0.1, -0.05) is 74.5 Å². The van der Waals surface area contributed by atoms with E-state index in [0.717, 1.165) is 40.1 Å². The summed E-state index contributed by atoms with van der Waals surface area (Å²) in [5, 5.41) is 2.86. The molecule has 0 unspecified atom stereocenters. The van der Waals surface area contributed by atoms with Crippen LogP contribution in [0, 0.1) is 0 Å². The van der Waals surface area contributed by atoms with E-state index in [4.69, 9.17) is 4.74 Å². The molecule has 3 aromatic carbocycles. The molecule has 0 radical (unpaired) electrons. The molecule has 3 amide bonds. The van der Waals surface area contributed by atoms with E-state index in [-0.39, 0.29) is 17.5 Å². The lowest BCUT2D eigenvalue weighted by atomic mass is 10.0. The predicted octanol–water partition coefficient (Wildman–Crippen LogP) is 4.20. The number of fused-ring (bicyclic) bond motifs is 1. The fraction of sp³-hybridized carbons (Fsp3) is 0.241. The molecule has 1 N–H and O–H groups in total. The second-order valence-electron chi connectivity index (χ2n) is 8.55. The van der Waals surface area contributed by atoms with Crippen molar-refractivity contribution in [3.05, 3.63) is 101 Å². The van der Waals surface area contributed by atoms with Crippen molar-refractivity contribution in [2.45, 2.75) is 39.2 Å². The van der Waals surface area contributed by atoms with E-state index in [1.54, 1.807) is 36.4 Å². The minimum absolute atomic E-state index is 0.0748. The number of esters is 1. The van der Waals surface area contributed by atoms with Gasteiger partial charge in [0.05, 0.1) is 11.1 Å². The maximum absolute atomic E-state index is 13.2. The van der Waals surface area contributed by atoms with Crippen LogP contribution in [-0.2, 0) is 33.6 Å². The first-order chi connectivity index (χ1) is 17.4. The molecule has 1 aliphatic rings. The number of nitrogens with zero attached hydrogens (tertiary/aromatic N) is 1. The van der Waals surface area contributed by atoms with E-state index in [9.17, 15) is 19.2 Å². The highest BCUT2D eigenvalue weighted by molar-refractivity contribution is 6.22. The first-order valence-electron chi connectivity index (χ1n) is 12.0. The lowest BCUT2D eigenvalue weighted by Crippen LogP contribution is -2.47. The summed E-state index contributed by atoms with van der Waals surface area (Å²) < 4.78 is 5.37. The van der Waals surface area contributed by atoms with Crippen molar-refractivity contribution in [2.75, 3.05) is 11.9 Å². The van der Waals surface area contributed by atoms with Gasteiger partial charge in [-0.15, -0.1) is 0 Å². The molecule has 184 valence electrons. The van der Waals surface area contributed by atoms with Crippen molar-refractivity contribution in [2.24, 2.45) is 0 Å². The first kappa shape index (κ1) is 24.9. The minimum Gasteiger partial charge on any atom is -0.454 e. The van der Waals surface area contributed by atoms with Gasteiger partial charge in [0.1, 0.15) is 6.04 Å². The fourth-order valence-electron chi connectivity index (χ4n) is 4.42. The van der Waals surface area contributed by atoms with Crippen LogP contribution in [0.2, 0.25) is 0 Å². The summed E-state index contributed by atoms with van der Waals surface area (Å²) in [6.07, 6.45) is 1.55. The van der Waals surface area contributed by atoms with E-state index < -0.39 is 36.3 Å². The van der Waals surface area contributed by atoms with Gasteiger partial charge in [0.2, 0.25) is 0 Å². The highest BCUT2D eigenvalue weighted by atomic mass is 16.5. The van der Waals surface area contributed by atoms with E-state index in [1.165, 1.54) is 0 Å². The number of carbonyl (C=O) groups excluding carboxylic acids is 4. The lowest BCUT2D eigenvalue weighted by Gasteiger charge is -2.24. The smallest absolute Gasteiger partial charge is 0.330 e. The molecule has 1 heterocycles. The fourth-order valence-corrected chi connectivity index (χ4v) is 4.42.